The Morgan fingerprint density at radius 3 is 2.55 bits per heavy atom. The van der Waals surface area contributed by atoms with Crippen LogP contribution in [0.2, 0.25) is 5.02 Å². The maximum Gasteiger partial charge on any atom is 0.191 e. The van der Waals surface area contributed by atoms with Crippen LogP contribution in [0.25, 0.3) is 0 Å². The highest BCUT2D eigenvalue weighted by Crippen LogP contribution is 2.19. The van der Waals surface area contributed by atoms with Crippen molar-refractivity contribution in [2.45, 2.75) is 19.5 Å². The molecule has 0 fully saturated rings. The molecule has 1 unspecified atom stereocenters. The van der Waals surface area contributed by atoms with Gasteiger partial charge in [0.15, 0.2) is 5.96 Å². The molecule has 6 nitrogen and oxygen atoms in total. The Balaban J connectivity index is 1.72. The standard InChI is InChI=1S/C22H23ClN6/c1-2-25-22(26-15-18-6-4-17(14-24)5-7-18)27-16-21(29-13-3-12-28-29)19-8-10-20(23)11-9-19/h3-13,21H,2,15-16H2,1H3,(H2,25,26,27). The Kier molecular flexibility index (Phi) is 7.26. The quantitative estimate of drug-likeness (QED) is 0.462. The molecule has 1 aromatic heterocycles. The second-order valence-corrected chi connectivity index (χ2v) is 6.87. The van der Waals surface area contributed by atoms with Crippen LogP contribution in [0, 0.1) is 11.3 Å². The number of halogens is 1. The van der Waals surface area contributed by atoms with Crippen LogP contribution in [0.5, 0.6) is 0 Å². The Morgan fingerprint density at radius 1 is 1.17 bits per heavy atom. The first-order valence-corrected chi connectivity index (χ1v) is 9.83. The lowest BCUT2D eigenvalue weighted by molar-refractivity contribution is 0.511. The molecule has 0 radical (unpaired) electrons. The fourth-order valence-electron chi connectivity index (χ4n) is 2.90. The zero-order valence-corrected chi connectivity index (χ0v) is 17.0. The summed E-state index contributed by atoms with van der Waals surface area (Å²) in [5.74, 6) is 0.725. The van der Waals surface area contributed by atoms with Crippen molar-refractivity contribution in [3.8, 4) is 6.07 Å². The predicted molar refractivity (Wildman–Crippen MR) is 116 cm³/mol. The van der Waals surface area contributed by atoms with E-state index >= 15 is 0 Å². The average Bonchev–Trinajstić information content (AvgIpc) is 3.28. The lowest BCUT2D eigenvalue weighted by Crippen LogP contribution is -2.40. The molecule has 0 aliphatic carbocycles. The summed E-state index contributed by atoms with van der Waals surface area (Å²) in [4.78, 5) is 4.66. The molecular formula is C22H23ClN6. The van der Waals surface area contributed by atoms with E-state index in [1.165, 1.54) is 0 Å². The molecule has 3 rings (SSSR count). The van der Waals surface area contributed by atoms with Crippen molar-refractivity contribution in [1.82, 2.24) is 20.4 Å². The van der Waals surface area contributed by atoms with Crippen LogP contribution >= 0.6 is 11.6 Å². The number of hydrogen-bond acceptors (Lipinski definition) is 3. The second-order valence-electron chi connectivity index (χ2n) is 6.44. The van der Waals surface area contributed by atoms with Gasteiger partial charge in [-0.3, -0.25) is 4.68 Å². The zero-order valence-electron chi connectivity index (χ0n) is 16.2. The number of hydrogen-bond donors (Lipinski definition) is 2. The van der Waals surface area contributed by atoms with Gasteiger partial charge in [-0.05, 0) is 48.4 Å². The normalized spacial score (nSPS) is 12.2. The number of aliphatic imine (C=N–C) groups is 1. The van der Waals surface area contributed by atoms with E-state index in [1.807, 2.05) is 60.3 Å². The molecule has 0 bridgehead atoms. The summed E-state index contributed by atoms with van der Waals surface area (Å²) in [5.41, 5.74) is 2.80. The third-order valence-electron chi connectivity index (χ3n) is 4.41. The highest BCUT2D eigenvalue weighted by Gasteiger charge is 2.14. The number of nitrogens with zero attached hydrogens (tertiary/aromatic N) is 4. The number of nitriles is 1. The van der Waals surface area contributed by atoms with E-state index in [2.05, 4.69) is 26.8 Å². The van der Waals surface area contributed by atoms with Gasteiger partial charge in [0.05, 0.1) is 24.2 Å². The Morgan fingerprint density at radius 2 is 1.93 bits per heavy atom. The SMILES string of the molecule is CCNC(=NCc1ccc(C#N)cc1)NCC(c1ccc(Cl)cc1)n1cccn1. The molecule has 0 saturated carbocycles. The molecule has 1 heterocycles. The molecule has 0 aliphatic rings. The van der Waals surface area contributed by atoms with E-state index in [1.54, 1.807) is 18.3 Å². The first-order chi connectivity index (χ1) is 14.2. The van der Waals surface area contributed by atoms with Crippen LogP contribution in [0.1, 0.15) is 29.7 Å². The van der Waals surface area contributed by atoms with Gasteiger partial charge in [0.2, 0.25) is 0 Å². The predicted octanol–water partition coefficient (Wildman–Crippen LogP) is 3.75. The monoisotopic (exact) mass is 406 g/mol. The summed E-state index contributed by atoms with van der Waals surface area (Å²) in [5, 5.41) is 20.7. The Bertz CT molecular complexity index is 956. The molecule has 3 aromatic rings. The third-order valence-corrected chi connectivity index (χ3v) is 4.66. The maximum atomic E-state index is 8.91. The van der Waals surface area contributed by atoms with Crippen LogP contribution < -0.4 is 10.6 Å². The molecule has 148 valence electrons. The van der Waals surface area contributed by atoms with Gasteiger partial charge >= 0.3 is 0 Å². The van der Waals surface area contributed by atoms with E-state index in [0.717, 1.165) is 23.6 Å². The summed E-state index contributed by atoms with van der Waals surface area (Å²) in [6.07, 6.45) is 3.72. The zero-order chi connectivity index (χ0) is 20.5. The molecule has 2 aromatic carbocycles. The minimum atomic E-state index is 0.000958. The summed E-state index contributed by atoms with van der Waals surface area (Å²) in [6.45, 7) is 3.92. The number of rotatable bonds is 7. The molecule has 1 atom stereocenters. The van der Waals surface area contributed by atoms with Crippen molar-refractivity contribution in [3.63, 3.8) is 0 Å². The van der Waals surface area contributed by atoms with Gasteiger partial charge in [-0.25, -0.2) is 4.99 Å². The van der Waals surface area contributed by atoms with Crippen molar-refractivity contribution < 1.29 is 0 Å². The highest BCUT2D eigenvalue weighted by molar-refractivity contribution is 6.30. The number of benzene rings is 2. The van der Waals surface area contributed by atoms with Crippen molar-refractivity contribution in [2.75, 3.05) is 13.1 Å². The topological polar surface area (TPSA) is 78.0 Å². The van der Waals surface area contributed by atoms with Gasteiger partial charge < -0.3 is 10.6 Å². The van der Waals surface area contributed by atoms with Gasteiger partial charge in [-0.1, -0.05) is 35.9 Å². The minimum Gasteiger partial charge on any atom is -0.357 e. The first-order valence-electron chi connectivity index (χ1n) is 9.45. The van der Waals surface area contributed by atoms with Crippen LogP contribution in [-0.4, -0.2) is 28.8 Å². The summed E-state index contributed by atoms with van der Waals surface area (Å²) in [6, 6.07) is 19.3. The summed E-state index contributed by atoms with van der Waals surface area (Å²) < 4.78 is 1.92. The molecule has 0 saturated heterocycles. The van der Waals surface area contributed by atoms with Crippen molar-refractivity contribution in [3.05, 3.63) is 88.7 Å². The van der Waals surface area contributed by atoms with Crippen LogP contribution in [0.15, 0.2) is 72.0 Å². The van der Waals surface area contributed by atoms with Gasteiger partial charge in [-0.15, -0.1) is 0 Å². The lowest BCUT2D eigenvalue weighted by Gasteiger charge is -2.20. The van der Waals surface area contributed by atoms with E-state index in [4.69, 9.17) is 16.9 Å². The van der Waals surface area contributed by atoms with Gasteiger partial charge in [0.1, 0.15) is 0 Å². The average molecular weight is 407 g/mol. The largest absolute Gasteiger partial charge is 0.357 e. The molecule has 2 N–H and O–H groups in total. The molecule has 7 heteroatoms. The van der Waals surface area contributed by atoms with Crippen molar-refractivity contribution in [2.24, 2.45) is 4.99 Å². The minimum absolute atomic E-state index is 0.000958. The Labute approximate surface area is 175 Å². The van der Waals surface area contributed by atoms with E-state index in [9.17, 15) is 0 Å². The Hall–Kier alpha value is -3.30. The fourth-order valence-corrected chi connectivity index (χ4v) is 3.03. The number of nitrogens with one attached hydrogen (secondary N) is 2. The third kappa shape index (κ3) is 5.84. The molecule has 0 aliphatic heterocycles. The van der Waals surface area contributed by atoms with Gasteiger partial charge in [0, 0.05) is 30.5 Å². The molecule has 0 amide bonds. The second kappa shape index (κ2) is 10.3. The van der Waals surface area contributed by atoms with E-state index < -0.39 is 0 Å². The molecule has 0 spiro atoms. The lowest BCUT2D eigenvalue weighted by atomic mass is 10.1. The van der Waals surface area contributed by atoms with E-state index in [0.29, 0.717) is 23.7 Å². The number of aromatic nitrogens is 2. The number of guanidine groups is 1. The van der Waals surface area contributed by atoms with Crippen molar-refractivity contribution in [1.29, 1.82) is 5.26 Å². The van der Waals surface area contributed by atoms with Crippen LogP contribution in [0.3, 0.4) is 0 Å². The highest BCUT2D eigenvalue weighted by atomic mass is 35.5. The van der Waals surface area contributed by atoms with Crippen LogP contribution in [0.4, 0.5) is 0 Å². The summed E-state index contributed by atoms with van der Waals surface area (Å²) in [7, 11) is 0. The van der Waals surface area contributed by atoms with Crippen molar-refractivity contribution >= 4 is 17.6 Å². The molecular weight excluding hydrogens is 384 g/mol. The fraction of sp³-hybridized carbons (Fsp3) is 0.227. The molecule has 29 heavy (non-hydrogen) atoms. The van der Waals surface area contributed by atoms with Gasteiger partial charge in [-0.2, -0.15) is 10.4 Å². The maximum absolute atomic E-state index is 8.91. The smallest absolute Gasteiger partial charge is 0.191 e. The van der Waals surface area contributed by atoms with Gasteiger partial charge in [0.25, 0.3) is 0 Å². The first kappa shape index (κ1) is 20.4. The van der Waals surface area contributed by atoms with Crippen LogP contribution in [-0.2, 0) is 6.54 Å². The summed E-state index contributed by atoms with van der Waals surface area (Å²) >= 11 is 6.04. The van der Waals surface area contributed by atoms with E-state index in [-0.39, 0.29) is 6.04 Å².